The second-order valence-corrected chi connectivity index (χ2v) is 7.45. The van der Waals surface area contributed by atoms with Crippen LogP contribution in [0.2, 0.25) is 0 Å². The highest BCUT2D eigenvalue weighted by atomic mass is 19.4. The third-order valence-corrected chi connectivity index (χ3v) is 5.84. The first kappa shape index (κ1) is 18.1. The Morgan fingerprint density at radius 3 is 2.37 bits per heavy atom. The Hall–Kier alpha value is -2.30. The van der Waals surface area contributed by atoms with Crippen molar-refractivity contribution in [2.24, 2.45) is 5.92 Å². The normalized spacial score (nSPS) is 23.2. The second-order valence-electron chi connectivity index (χ2n) is 7.45. The van der Waals surface area contributed by atoms with Crippen molar-refractivity contribution in [3.8, 4) is 0 Å². The summed E-state index contributed by atoms with van der Waals surface area (Å²) in [6.45, 7) is 0.705. The van der Waals surface area contributed by atoms with Crippen LogP contribution >= 0.6 is 0 Å². The van der Waals surface area contributed by atoms with Crippen molar-refractivity contribution in [2.75, 3.05) is 11.4 Å². The molecule has 0 radical (unpaired) electrons. The lowest BCUT2D eigenvalue weighted by atomic mass is 9.76. The van der Waals surface area contributed by atoms with E-state index in [4.69, 9.17) is 0 Å². The molecule has 1 saturated carbocycles. The number of hydrogen-bond donors (Lipinski definition) is 0. The maximum atomic E-state index is 12.9. The third kappa shape index (κ3) is 3.47. The molecule has 2 aromatic rings. The van der Waals surface area contributed by atoms with E-state index in [1.54, 1.807) is 0 Å². The van der Waals surface area contributed by atoms with Gasteiger partial charge in [-0.05, 0) is 54.7 Å². The number of fused-ring (bicyclic) bond motifs is 1. The SMILES string of the molecule is O=C1CCCC[C@H]1[C@H]1c2ccccc2CCN1c1ccc(C(F)(F)F)cc1. The average Bonchev–Trinajstić information content (AvgIpc) is 2.67. The topological polar surface area (TPSA) is 20.3 Å². The highest BCUT2D eigenvalue weighted by Crippen LogP contribution is 2.43. The molecule has 1 aliphatic carbocycles. The lowest BCUT2D eigenvalue weighted by molar-refractivity contribution is -0.137. The van der Waals surface area contributed by atoms with Gasteiger partial charge in [-0.1, -0.05) is 30.7 Å². The van der Waals surface area contributed by atoms with Gasteiger partial charge < -0.3 is 4.90 Å². The van der Waals surface area contributed by atoms with Crippen LogP contribution in [0.4, 0.5) is 18.9 Å². The number of Topliss-reactive ketones (excluding diaryl/α,β-unsaturated/α-hetero) is 1. The molecule has 0 saturated heterocycles. The van der Waals surface area contributed by atoms with E-state index in [-0.39, 0.29) is 17.7 Å². The molecular weight excluding hydrogens is 351 g/mol. The molecule has 2 nitrogen and oxygen atoms in total. The molecule has 1 aliphatic heterocycles. The molecular formula is C22H22F3NO. The van der Waals surface area contributed by atoms with Gasteiger partial charge in [0.25, 0.3) is 0 Å². The first-order chi connectivity index (χ1) is 12.9. The summed E-state index contributed by atoms with van der Waals surface area (Å²) in [5.74, 6) is 0.183. The van der Waals surface area contributed by atoms with Gasteiger partial charge in [-0.2, -0.15) is 13.2 Å². The van der Waals surface area contributed by atoms with Crippen LogP contribution < -0.4 is 4.90 Å². The number of carbonyl (C=O) groups excluding carboxylic acids is 1. The zero-order valence-electron chi connectivity index (χ0n) is 15.0. The lowest BCUT2D eigenvalue weighted by Gasteiger charge is -2.43. The van der Waals surface area contributed by atoms with Gasteiger partial charge in [0.2, 0.25) is 0 Å². The van der Waals surface area contributed by atoms with E-state index >= 15 is 0 Å². The number of benzene rings is 2. The standard InChI is InChI=1S/C22H22F3NO/c23-22(24,25)16-9-11-17(12-10-16)26-14-13-15-5-1-2-6-18(15)21(26)19-7-3-4-8-20(19)27/h1-2,5-6,9-12,19,21H,3-4,7-8,13-14H2/t19-,21-/m1/s1. The van der Waals surface area contributed by atoms with Crippen LogP contribution in [0.3, 0.4) is 0 Å². The van der Waals surface area contributed by atoms with Crippen molar-refractivity contribution in [3.05, 3.63) is 65.2 Å². The van der Waals surface area contributed by atoms with Crippen molar-refractivity contribution < 1.29 is 18.0 Å². The smallest absolute Gasteiger partial charge is 0.363 e. The highest BCUT2D eigenvalue weighted by molar-refractivity contribution is 5.83. The van der Waals surface area contributed by atoms with E-state index in [1.165, 1.54) is 17.7 Å². The molecule has 4 rings (SSSR count). The summed E-state index contributed by atoms with van der Waals surface area (Å²) in [6.07, 6.45) is -0.112. The number of ketones is 1. The number of carbonyl (C=O) groups is 1. The summed E-state index contributed by atoms with van der Waals surface area (Å²) in [7, 11) is 0. The van der Waals surface area contributed by atoms with E-state index in [0.717, 1.165) is 49.1 Å². The fraction of sp³-hybridized carbons (Fsp3) is 0.409. The Kier molecular flexibility index (Phi) is 4.70. The number of nitrogens with zero attached hydrogens (tertiary/aromatic N) is 1. The molecule has 2 atom stereocenters. The van der Waals surface area contributed by atoms with Gasteiger partial charge in [-0.15, -0.1) is 0 Å². The molecule has 1 fully saturated rings. The predicted octanol–water partition coefficient (Wildman–Crippen LogP) is 5.57. The Balaban J connectivity index is 1.73. The fourth-order valence-corrected chi connectivity index (χ4v) is 4.51. The molecule has 5 heteroatoms. The van der Waals surface area contributed by atoms with E-state index < -0.39 is 11.7 Å². The monoisotopic (exact) mass is 373 g/mol. The molecule has 1 heterocycles. The number of halogens is 3. The number of rotatable bonds is 2. The number of anilines is 1. The van der Waals surface area contributed by atoms with Crippen LogP contribution in [0, 0.1) is 5.92 Å². The molecule has 142 valence electrons. The largest absolute Gasteiger partial charge is 0.416 e. The summed E-state index contributed by atoms with van der Waals surface area (Å²) >= 11 is 0. The lowest BCUT2D eigenvalue weighted by Crippen LogP contribution is -2.42. The van der Waals surface area contributed by atoms with Crippen molar-refractivity contribution in [2.45, 2.75) is 44.3 Å². The van der Waals surface area contributed by atoms with Crippen LogP contribution in [0.5, 0.6) is 0 Å². The first-order valence-corrected chi connectivity index (χ1v) is 9.49. The van der Waals surface area contributed by atoms with Crippen molar-refractivity contribution in [3.63, 3.8) is 0 Å². The van der Waals surface area contributed by atoms with E-state index in [0.29, 0.717) is 13.0 Å². The number of hydrogen-bond acceptors (Lipinski definition) is 2. The minimum atomic E-state index is -4.34. The Morgan fingerprint density at radius 1 is 0.926 bits per heavy atom. The van der Waals surface area contributed by atoms with E-state index in [2.05, 4.69) is 17.0 Å². The average molecular weight is 373 g/mol. The molecule has 0 N–H and O–H groups in total. The zero-order valence-corrected chi connectivity index (χ0v) is 15.0. The first-order valence-electron chi connectivity index (χ1n) is 9.49. The van der Waals surface area contributed by atoms with Crippen molar-refractivity contribution in [1.29, 1.82) is 0 Å². The van der Waals surface area contributed by atoms with Crippen LogP contribution in [0.1, 0.15) is 48.4 Å². The van der Waals surface area contributed by atoms with Crippen LogP contribution in [-0.2, 0) is 17.4 Å². The summed E-state index contributed by atoms with van der Waals surface area (Å²) in [5.41, 5.74) is 2.49. The third-order valence-electron chi connectivity index (χ3n) is 5.84. The van der Waals surface area contributed by atoms with Crippen LogP contribution in [-0.4, -0.2) is 12.3 Å². The molecule has 0 amide bonds. The molecule has 0 unspecified atom stereocenters. The molecule has 2 aliphatic rings. The van der Waals surface area contributed by atoms with Gasteiger partial charge in [0.05, 0.1) is 11.6 Å². The van der Waals surface area contributed by atoms with Crippen LogP contribution in [0.25, 0.3) is 0 Å². The second kappa shape index (κ2) is 7.02. The maximum absolute atomic E-state index is 12.9. The van der Waals surface area contributed by atoms with Crippen LogP contribution in [0.15, 0.2) is 48.5 Å². The minimum absolute atomic E-state index is 0.0949. The van der Waals surface area contributed by atoms with Gasteiger partial charge in [-0.25, -0.2) is 0 Å². The van der Waals surface area contributed by atoms with Crippen molar-refractivity contribution >= 4 is 11.5 Å². The Labute approximate surface area is 157 Å². The summed E-state index contributed by atoms with van der Waals surface area (Å²) in [6, 6.07) is 13.4. The fourth-order valence-electron chi connectivity index (χ4n) is 4.51. The number of alkyl halides is 3. The molecule has 0 spiro atoms. The van der Waals surface area contributed by atoms with E-state index in [9.17, 15) is 18.0 Å². The van der Waals surface area contributed by atoms with E-state index in [1.807, 2.05) is 12.1 Å². The Morgan fingerprint density at radius 2 is 1.67 bits per heavy atom. The summed E-state index contributed by atoms with van der Waals surface area (Å²) in [4.78, 5) is 14.8. The predicted molar refractivity (Wildman–Crippen MR) is 98.6 cm³/mol. The molecule has 0 bridgehead atoms. The van der Waals surface area contributed by atoms with Crippen molar-refractivity contribution in [1.82, 2.24) is 0 Å². The van der Waals surface area contributed by atoms with Gasteiger partial charge in [-0.3, -0.25) is 4.79 Å². The molecule has 27 heavy (non-hydrogen) atoms. The van der Waals surface area contributed by atoms with Gasteiger partial charge >= 0.3 is 6.18 Å². The summed E-state index contributed by atoms with van der Waals surface area (Å²) in [5, 5.41) is 0. The van der Waals surface area contributed by atoms with Gasteiger partial charge in [0.1, 0.15) is 5.78 Å². The van der Waals surface area contributed by atoms with Gasteiger partial charge in [0.15, 0.2) is 0 Å². The maximum Gasteiger partial charge on any atom is 0.416 e. The minimum Gasteiger partial charge on any atom is -0.363 e. The summed E-state index contributed by atoms with van der Waals surface area (Å²) < 4.78 is 38.8. The molecule has 0 aromatic heterocycles. The Bertz CT molecular complexity index is 828. The van der Waals surface area contributed by atoms with Gasteiger partial charge in [0, 0.05) is 24.6 Å². The molecule has 2 aromatic carbocycles. The highest BCUT2D eigenvalue weighted by Gasteiger charge is 2.38. The quantitative estimate of drug-likeness (QED) is 0.686. The zero-order chi connectivity index (χ0) is 19.0.